The Hall–Kier alpha value is -5.55. The molecule has 5 nitrogen and oxygen atoms in total. The summed E-state index contributed by atoms with van der Waals surface area (Å²) in [5, 5.41) is 2.47. The van der Waals surface area contributed by atoms with Gasteiger partial charge in [-0.15, -0.1) is 0 Å². The minimum atomic E-state index is 0.725. The number of rotatable bonds is 9. The fourth-order valence-electron chi connectivity index (χ4n) is 7.05. The van der Waals surface area contributed by atoms with Gasteiger partial charge in [0.05, 0.1) is 22.4 Å². The number of para-hydroxylation sites is 3. The van der Waals surface area contributed by atoms with Gasteiger partial charge in [0.25, 0.3) is 0 Å². The lowest BCUT2D eigenvalue weighted by Crippen LogP contribution is -2.23. The summed E-state index contributed by atoms with van der Waals surface area (Å²) in [6.07, 6.45) is 6.28. The summed E-state index contributed by atoms with van der Waals surface area (Å²) in [7, 11) is 0. The molecular weight excluding hydrogens is 576 g/mol. The maximum Gasteiger partial charge on any atom is 0.137 e. The molecule has 5 aromatic carbocycles. The van der Waals surface area contributed by atoms with Crippen molar-refractivity contribution < 1.29 is 4.74 Å². The molecule has 5 heteroatoms. The number of hydrogen-bond donors (Lipinski definition) is 0. The zero-order valence-electron chi connectivity index (χ0n) is 26.9. The summed E-state index contributed by atoms with van der Waals surface area (Å²) < 4.78 is 8.92. The van der Waals surface area contributed by atoms with Crippen molar-refractivity contribution >= 4 is 44.6 Å². The third kappa shape index (κ3) is 5.28. The molecule has 0 amide bonds. The van der Waals surface area contributed by atoms with E-state index in [1.54, 1.807) is 0 Å². The third-order valence-corrected chi connectivity index (χ3v) is 9.16. The summed E-state index contributed by atoms with van der Waals surface area (Å²) in [4.78, 5) is 9.48. The number of ether oxygens (including phenoxy) is 1. The molecule has 0 spiro atoms. The van der Waals surface area contributed by atoms with Crippen molar-refractivity contribution in [3.8, 4) is 17.3 Å². The van der Waals surface area contributed by atoms with E-state index in [2.05, 4.69) is 143 Å². The Bertz CT molecular complexity index is 2190. The number of nitrogens with zero attached hydrogens (tertiary/aromatic N) is 4. The number of aromatic nitrogens is 2. The smallest absolute Gasteiger partial charge is 0.137 e. The van der Waals surface area contributed by atoms with Gasteiger partial charge in [0.15, 0.2) is 0 Å². The van der Waals surface area contributed by atoms with Crippen LogP contribution in [0.4, 0.5) is 22.7 Å². The fraction of sp³-hybridized carbons (Fsp3) is 0.167. The van der Waals surface area contributed by atoms with Gasteiger partial charge in [0.2, 0.25) is 0 Å². The van der Waals surface area contributed by atoms with Crippen LogP contribution in [0.25, 0.3) is 27.6 Å². The second-order valence-corrected chi connectivity index (χ2v) is 12.3. The molecule has 0 radical (unpaired) electrons. The van der Waals surface area contributed by atoms with Crippen LogP contribution in [0.2, 0.25) is 0 Å². The Labute approximate surface area is 276 Å². The van der Waals surface area contributed by atoms with Crippen molar-refractivity contribution in [2.75, 3.05) is 16.5 Å². The van der Waals surface area contributed by atoms with Crippen LogP contribution in [0.5, 0.6) is 11.5 Å². The standard InChI is InChI=1S/C42H38N4O/c1-3-13-30-25-37-36-23-22-35(28-41(36)46(42-21-10-11-24-43-42)40(37)26-31(30)14-4-2)47-34-18-12-17-33(27-34)45-29-44(32-15-6-5-7-16-32)38-19-8-9-20-39(38)45/h5-12,15-28H,3-4,13-14,29H2,1-2H3. The van der Waals surface area contributed by atoms with Gasteiger partial charge in [-0.1, -0.05) is 69.2 Å². The van der Waals surface area contributed by atoms with Gasteiger partial charge in [-0.3, -0.25) is 4.57 Å². The van der Waals surface area contributed by atoms with Crippen LogP contribution in [0.3, 0.4) is 0 Å². The highest BCUT2D eigenvalue weighted by molar-refractivity contribution is 6.10. The highest BCUT2D eigenvalue weighted by Gasteiger charge is 2.28. The number of hydrogen-bond acceptors (Lipinski definition) is 4. The minimum absolute atomic E-state index is 0.725. The predicted octanol–water partition coefficient (Wildman–Crippen LogP) is 11.1. The van der Waals surface area contributed by atoms with Crippen LogP contribution in [-0.2, 0) is 12.8 Å². The minimum Gasteiger partial charge on any atom is -0.457 e. The van der Waals surface area contributed by atoms with E-state index in [1.807, 2.05) is 18.3 Å². The third-order valence-electron chi connectivity index (χ3n) is 9.16. The molecule has 0 bridgehead atoms. The molecule has 2 aromatic heterocycles. The molecule has 0 saturated heterocycles. The van der Waals surface area contributed by atoms with Crippen LogP contribution in [0.1, 0.15) is 37.8 Å². The topological polar surface area (TPSA) is 33.5 Å². The number of aryl methyl sites for hydroxylation is 2. The molecule has 1 aliphatic heterocycles. The van der Waals surface area contributed by atoms with E-state index < -0.39 is 0 Å². The van der Waals surface area contributed by atoms with E-state index in [9.17, 15) is 0 Å². The van der Waals surface area contributed by atoms with E-state index in [0.29, 0.717) is 0 Å². The summed E-state index contributed by atoms with van der Waals surface area (Å²) in [5.41, 5.74) is 9.81. The van der Waals surface area contributed by atoms with Crippen LogP contribution in [0.15, 0.2) is 134 Å². The predicted molar refractivity (Wildman–Crippen MR) is 195 cm³/mol. The summed E-state index contributed by atoms with van der Waals surface area (Å²) >= 11 is 0. The molecule has 0 atom stereocenters. The van der Waals surface area contributed by atoms with Gasteiger partial charge in [0, 0.05) is 40.5 Å². The van der Waals surface area contributed by atoms with E-state index in [1.165, 1.54) is 44.5 Å². The van der Waals surface area contributed by atoms with E-state index in [4.69, 9.17) is 9.72 Å². The molecule has 0 N–H and O–H groups in total. The molecule has 0 unspecified atom stereocenters. The zero-order chi connectivity index (χ0) is 31.7. The highest BCUT2D eigenvalue weighted by atomic mass is 16.5. The average molecular weight is 615 g/mol. The monoisotopic (exact) mass is 614 g/mol. The lowest BCUT2D eigenvalue weighted by atomic mass is 9.97. The Kier molecular flexibility index (Phi) is 7.58. The number of pyridine rings is 1. The second kappa shape index (κ2) is 12.3. The molecule has 7 aromatic rings. The number of benzene rings is 5. The van der Waals surface area contributed by atoms with Crippen LogP contribution >= 0.6 is 0 Å². The SMILES string of the molecule is CCCc1cc2c3ccc(Oc4cccc(N5CN(c6ccccc6)c6ccccc65)c4)cc3n(-c3ccccn3)c2cc1CCC. The van der Waals surface area contributed by atoms with Gasteiger partial charge >= 0.3 is 0 Å². The first-order valence-corrected chi connectivity index (χ1v) is 16.7. The summed E-state index contributed by atoms with van der Waals surface area (Å²) in [6.45, 7) is 5.25. The lowest BCUT2D eigenvalue weighted by molar-refractivity contribution is 0.483. The summed E-state index contributed by atoms with van der Waals surface area (Å²) in [6, 6.07) is 45.0. The average Bonchev–Trinajstić information content (AvgIpc) is 3.65. The van der Waals surface area contributed by atoms with Crippen molar-refractivity contribution in [1.29, 1.82) is 0 Å². The quantitative estimate of drug-likeness (QED) is 0.162. The molecule has 0 aliphatic carbocycles. The summed E-state index contributed by atoms with van der Waals surface area (Å²) in [5.74, 6) is 2.51. The van der Waals surface area contributed by atoms with Crippen LogP contribution in [-0.4, -0.2) is 16.2 Å². The van der Waals surface area contributed by atoms with E-state index in [0.717, 1.165) is 60.9 Å². The molecule has 232 valence electrons. The first-order chi connectivity index (χ1) is 23.2. The van der Waals surface area contributed by atoms with Crippen molar-refractivity contribution in [2.45, 2.75) is 39.5 Å². The highest BCUT2D eigenvalue weighted by Crippen LogP contribution is 2.45. The Morgan fingerprint density at radius 3 is 1.98 bits per heavy atom. The normalized spacial score (nSPS) is 12.6. The molecular formula is C42H38N4O. The van der Waals surface area contributed by atoms with E-state index in [-0.39, 0.29) is 0 Å². The molecule has 47 heavy (non-hydrogen) atoms. The number of anilines is 4. The largest absolute Gasteiger partial charge is 0.457 e. The molecule has 3 heterocycles. The first-order valence-electron chi connectivity index (χ1n) is 16.7. The zero-order valence-corrected chi connectivity index (χ0v) is 26.9. The van der Waals surface area contributed by atoms with Crippen molar-refractivity contribution in [3.05, 3.63) is 145 Å². The Balaban J connectivity index is 1.18. The van der Waals surface area contributed by atoms with Gasteiger partial charge < -0.3 is 14.5 Å². The Morgan fingerprint density at radius 1 is 0.574 bits per heavy atom. The van der Waals surface area contributed by atoms with Crippen molar-refractivity contribution in [3.63, 3.8) is 0 Å². The number of fused-ring (bicyclic) bond motifs is 4. The fourth-order valence-corrected chi connectivity index (χ4v) is 7.05. The van der Waals surface area contributed by atoms with Crippen molar-refractivity contribution in [2.24, 2.45) is 0 Å². The molecule has 0 saturated carbocycles. The van der Waals surface area contributed by atoms with Crippen molar-refractivity contribution in [1.82, 2.24) is 9.55 Å². The molecule has 1 aliphatic rings. The van der Waals surface area contributed by atoms with Gasteiger partial charge in [0.1, 0.15) is 24.0 Å². The van der Waals surface area contributed by atoms with Crippen LogP contribution < -0.4 is 14.5 Å². The lowest BCUT2D eigenvalue weighted by Gasteiger charge is -2.22. The van der Waals surface area contributed by atoms with E-state index >= 15 is 0 Å². The van der Waals surface area contributed by atoms with Gasteiger partial charge in [-0.05, 0) is 96.8 Å². The molecule has 8 rings (SSSR count). The maximum atomic E-state index is 6.62. The van der Waals surface area contributed by atoms with Gasteiger partial charge in [-0.25, -0.2) is 4.98 Å². The first kappa shape index (κ1) is 28.9. The molecule has 0 fully saturated rings. The second-order valence-electron chi connectivity index (χ2n) is 12.3. The van der Waals surface area contributed by atoms with Gasteiger partial charge in [-0.2, -0.15) is 0 Å². The van der Waals surface area contributed by atoms with Crippen LogP contribution in [0, 0.1) is 0 Å². The maximum absolute atomic E-state index is 6.62. The Morgan fingerprint density at radius 2 is 1.23 bits per heavy atom.